The lowest BCUT2D eigenvalue weighted by Gasteiger charge is -2.14. The van der Waals surface area contributed by atoms with Crippen molar-refractivity contribution in [3.8, 4) is 0 Å². The Balaban J connectivity index is 1.92. The van der Waals surface area contributed by atoms with Crippen molar-refractivity contribution in [2.75, 3.05) is 5.75 Å². The van der Waals surface area contributed by atoms with Gasteiger partial charge in [0.1, 0.15) is 11.5 Å². The molecular formula is C14H19NO4S. The molecule has 0 aliphatic carbocycles. The topological polar surface area (TPSA) is 76.4 Å². The van der Waals surface area contributed by atoms with Crippen LogP contribution in [0.3, 0.4) is 0 Å². The largest absolute Gasteiger partial charge is 0.466 e. The number of aryl methyl sites for hydroxylation is 2. The van der Waals surface area contributed by atoms with Crippen molar-refractivity contribution in [1.29, 1.82) is 0 Å². The molecule has 1 aromatic heterocycles. The van der Waals surface area contributed by atoms with Crippen LogP contribution in [0.4, 0.5) is 0 Å². The molecule has 1 aromatic rings. The molecule has 2 heterocycles. The number of furan rings is 1. The Morgan fingerprint density at radius 2 is 2.20 bits per heavy atom. The Kier molecular flexibility index (Phi) is 4.04. The second kappa shape index (κ2) is 5.44. The predicted molar refractivity (Wildman–Crippen MR) is 75.8 cm³/mol. The van der Waals surface area contributed by atoms with Crippen molar-refractivity contribution in [2.24, 2.45) is 5.92 Å². The van der Waals surface area contributed by atoms with Gasteiger partial charge in [-0.05, 0) is 26.8 Å². The summed E-state index contributed by atoms with van der Waals surface area (Å²) in [5.41, 5.74) is 0.949. The van der Waals surface area contributed by atoms with Crippen LogP contribution in [0.25, 0.3) is 0 Å². The molecule has 0 spiro atoms. The molecule has 1 amide bonds. The fourth-order valence-electron chi connectivity index (χ4n) is 2.46. The molecule has 0 saturated heterocycles. The predicted octanol–water partition coefficient (Wildman–Crippen LogP) is 2.02. The third-order valence-corrected chi connectivity index (χ3v) is 4.84. The highest BCUT2D eigenvalue weighted by atomic mass is 32.2. The molecule has 0 bridgehead atoms. The van der Waals surface area contributed by atoms with Gasteiger partial charge in [-0.2, -0.15) is 0 Å². The van der Waals surface area contributed by atoms with Gasteiger partial charge in [-0.3, -0.25) is 4.79 Å². The lowest BCUT2D eigenvalue weighted by atomic mass is 10.1. The summed E-state index contributed by atoms with van der Waals surface area (Å²) in [4.78, 5) is 11.9. The highest BCUT2D eigenvalue weighted by Gasteiger charge is 2.24. The molecule has 2 atom stereocenters. The summed E-state index contributed by atoms with van der Waals surface area (Å²) in [5, 5.41) is 4.07. The van der Waals surface area contributed by atoms with Crippen molar-refractivity contribution >= 4 is 15.7 Å². The minimum Gasteiger partial charge on any atom is -0.466 e. The zero-order valence-electron chi connectivity index (χ0n) is 11.8. The molecule has 1 aliphatic rings. The Morgan fingerprint density at radius 3 is 2.70 bits per heavy atom. The molecule has 110 valence electrons. The van der Waals surface area contributed by atoms with E-state index in [-0.39, 0.29) is 30.0 Å². The van der Waals surface area contributed by atoms with E-state index in [1.54, 1.807) is 6.08 Å². The van der Waals surface area contributed by atoms with Gasteiger partial charge in [0.2, 0.25) is 5.91 Å². The first-order valence-electron chi connectivity index (χ1n) is 6.54. The third-order valence-electron chi connectivity index (χ3n) is 3.38. The van der Waals surface area contributed by atoms with Gasteiger partial charge in [0, 0.05) is 23.3 Å². The molecule has 5 nitrogen and oxygen atoms in total. The number of allylic oxidation sites excluding steroid dienone is 1. The lowest BCUT2D eigenvalue weighted by molar-refractivity contribution is -0.122. The number of amides is 1. The van der Waals surface area contributed by atoms with Gasteiger partial charge in [-0.25, -0.2) is 8.42 Å². The second-order valence-corrected chi connectivity index (χ2v) is 7.21. The Labute approximate surface area is 119 Å². The highest BCUT2D eigenvalue weighted by Crippen LogP contribution is 2.22. The first kappa shape index (κ1) is 14.8. The zero-order chi connectivity index (χ0) is 14.9. The average molecular weight is 297 g/mol. The van der Waals surface area contributed by atoms with E-state index < -0.39 is 9.84 Å². The van der Waals surface area contributed by atoms with E-state index in [9.17, 15) is 13.2 Å². The smallest absolute Gasteiger partial charge is 0.221 e. The number of sulfone groups is 1. The van der Waals surface area contributed by atoms with E-state index in [0.717, 1.165) is 17.1 Å². The SMILES string of the molecule is Cc1cc([C@H](C)NC(=O)C[C@@H]2C=CS(=O)(=O)C2)c(C)o1. The number of hydrogen-bond acceptors (Lipinski definition) is 4. The maximum absolute atomic E-state index is 11.9. The monoisotopic (exact) mass is 297 g/mol. The van der Waals surface area contributed by atoms with Gasteiger partial charge in [0.05, 0.1) is 11.8 Å². The lowest BCUT2D eigenvalue weighted by Crippen LogP contribution is -2.28. The summed E-state index contributed by atoms with van der Waals surface area (Å²) in [7, 11) is -3.10. The molecule has 0 aromatic carbocycles. The van der Waals surface area contributed by atoms with Gasteiger partial charge >= 0.3 is 0 Å². The van der Waals surface area contributed by atoms with Crippen LogP contribution < -0.4 is 5.32 Å². The summed E-state index contributed by atoms with van der Waals surface area (Å²) in [6, 6.07) is 1.75. The summed E-state index contributed by atoms with van der Waals surface area (Å²) in [5.74, 6) is 1.25. The maximum atomic E-state index is 11.9. The van der Waals surface area contributed by atoms with E-state index in [0.29, 0.717) is 0 Å². The molecule has 0 fully saturated rings. The first-order valence-corrected chi connectivity index (χ1v) is 8.25. The van der Waals surface area contributed by atoms with Crippen LogP contribution in [-0.4, -0.2) is 20.1 Å². The summed E-state index contributed by atoms with van der Waals surface area (Å²) in [6.07, 6.45) is 1.78. The van der Waals surface area contributed by atoms with Gasteiger partial charge < -0.3 is 9.73 Å². The average Bonchev–Trinajstić information content (AvgIpc) is 2.81. The van der Waals surface area contributed by atoms with Crippen LogP contribution in [0.15, 0.2) is 22.0 Å². The normalized spacial score (nSPS) is 21.9. The summed E-state index contributed by atoms with van der Waals surface area (Å²) < 4.78 is 28.0. The molecule has 1 aliphatic heterocycles. The van der Waals surface area contributed by atoms with Crippen molar-refractivity contribution in [3.05, 3.63) is 34.6 Å². The second-order valence-electron chi connectivity index (χ2n) is 5.28. The van der Waals surface area contributed by atoms with Gasteiger partial charge in [0.25, 0.3) is 0 Å². The van der Waals surface area contributed by atoms with Crippen LogP contribution in [0, 0.1) is 19.8 Å². The van der Waals surface area contributed by atoms with Crippen molar-refractivity contribution in [1.82, 2.24) is 5.32 Å². The van der Waals surface area contributed by atoms with Crippen LogP contribution in [0.2, 0.25) is 0 Å². The van der Waals surface area contributed by atoms with E-state index in [4.69, 9.17) is 4.42 Å². The van der Waals surface area contributed by atoms with Crippen LogP contribution in [0.1, 0.15) is 36.5 Å². The number of nitrogens with one attached hydrogen (secondary N) is 1. The molecule has 0 saturated carbocycles. The molecule has 2 rings (SSSR count). The van der Waals surface area contributed by atoms with Crippen molar-refractivity contribution in [3.63, 3.8) is 0 Å². The molecule has 20 heavy (non-hydrogen) atoms. The van der Waals surface area contributed by atoms with Gasteiger partial charge in [-0.1, -0.05) is 6.08 Å². The fourth-order valence-corrected chi connectivity index (χ4v) is 3.86. The summed E-state index contributed by atoms with van der Waals surface area (Å²) >= 11 is 0. The Bertz CT molecular complexity index is 642. The van der Waals surface area contributed by atoms with Gasteiger partial charge in [0.15, 0.2) is 9.84 Å². The maximum Gasteiger partial charge on any atom is 0.221 e. The summed E-state index contributed by atoms with van der Waals surface area (Å²) in [6.45, 7) is 5.60. The minimum atomic E-state index is -3.10. The quantitative estimate of drug-likeness (QED) is 0.922. The number of carbonyl (C=O) groups excluding carboxylic acids is 1. The molecule has 0 radical (unpaired) electrons. The van der Waals surface area contributed by atoms with Crippen LogP contribution in [0.5, 0.6) is 0 Å². The van der Waals surface area contributed by atoms with E-state index in [1.807, 2.05) is 26.8 Å². The highest BCUT2D eigenvalue weighted by molar-refractivity contribution is 7.94. The minimum absolute atomic E-state index is 0.0264. The molecule has 1 N–H and O–H groups in total. The van der Waals surface area contributed by atoms with Crippen molar-refractivity contribution in [2.45, 2.75) is 33.2 Å². The van der Waals surface area contributed by atoms with E-state index in [2.05, 4.69) is 5.32 Å². The third kappa shape index (κ3) is 3.50. The van der Waals surface area contributed by atoms with E-state index >= 15 is 0 Å². The van der Waals surface area contributed by atoms with Gasteiger partial charge in [-0.15, -0.1) is 0 Å². The first-order chi connectivity index (χ1) is 9.27. The standard InChI is InChI=1S/C14H19NO4S/c1-9-6-13(11(3)19-9)10(2)15-14(16)7-12-4-5-20(17,18)8-12/h4-6,10,12H,7-8H2,1-3H3,(H,15,16)/t10-,12-/m0/s1. The fraction of sp³-hybridized carbons (Fsp3) is 0.500. The van der Waals surface area contributed by atoms with Crippen LogP contribution in [-0.2, 0) is 14.6 Å². The molecular weight excluding hydrogens is 278 g/mol. The number of carbonyl (C=O) groups is 1. The van der Waals surface area contributed by atoms with E-state index in [1.165, 1.54) is 5.41 Å². The molecule has 6 heteroatoms. The molecule has 0 unspecified atom stereocenters. The number of hydrogen-bond donors (Lipinski definition) is 1. The Morgan fingerprint density at radius 1 is 1.50 bits per heavy atom. The van der Waals surface area contributed by atoms with Crippen LogP contribution >= 0.6 is 0 Å². The van der Waals surface area contributed by atoms with Crippen molar-refractivity contribution < 1.29 is 17.6 Å². The Hall–Kier alpha value is -1.56. The zero-order valence-corrected chi connectivity index (χ0v) is 12.7. The number of rotatable bonds is 4.